The van der Waals surface area contributed by atoms with Crippen molar-refractivity contribution in [3.05, 3.63) is 92.5 Å². The second-order valence-corrected chi connectivity index (χ2v) is 7.63. The molecule has 4 aromatic rings. The van der Waals surface area contributed by atoms with Crippen molar-refractivity contribution < 1.29 is 23.4 Å². The Morgan fingerprint density at radius 2 is 1.94 bits per heavy atom. The Morgan fingerprint density at radius 1 is 1.18 bits per heavy atom. The van der Waals surface area contributed by atoms with Gasteiger partial charge in [-0.1, -0.05) is 11.6 Å². The van der Waals surface area contributed by atoms with Gasteiger partial charge in [0, 0.05) is 36.3 Å². The number of hydrogen-bond donors (Lipinski definition) is 1. The fourth-order valence-electron chi connectivity index (χ4n) is 3.22. The summed E-state index contributed by atoms with van der Waals surface area (Å²) in [4.78, 5) is 32.1. The smallest absolute Gasteiger partial charge is 0.356 e. The van der Waals surface area contributed by atoms with Gasteiger partial charge in [0.15, 0.2) is 17.3 Å². The van der Waals surface area contributed by atoms with Crippen molar-refractivity contribution in [1.82, 2.24) is 24.3 Å². The Balaban J connectivity index is 1.70. The average molecular weight is 488 g/mol. The Morgan fingerprint density at radius 3 is 2.62 bits per heavy atom. The van der Waals surface area contributed by atoms with Crippen molar-refractivity contribution in [3.8, 4) is 17.3 Å². The highest BCUT2D eigenvalue weighted by atomic mass is 35.5. The van der Waals surface area contributed by atoms with E-state index in [0.717, 1.165) is 6.20 Å². The first kappa shape index (κ1) is 23.1. The predicted octanol–water partition coefficient (Wildman–Crippen LogP) is 3.64. The van der Waals surface area contributed by atoms with Crippen molar-refractivity contribution >= 4 is 17.6 Å². The van der Waals surface area contributed by atoms with Crippen LogP contribution in [0, 0.1) is 25.5 Å². The van der Waals surface area contributed by atoms with E-state index in [1.807, 2.05) is 0 Å². The van der Waals surface area contributed by atoms with Gasteiger partial charge in [0.1, 0.15) is 28.9 Å². The number of rotatable bonds is 6. The molecule has 0 radical (unpaired) electrons. The number of aromatic nitrogens is 5. The topological polar surface area (TPSA) is 112 Å². The van der Waals surface area contributed by atoms with Crippen LogP contribution in [-0.2, 0) is 6.61 Å². The molecule has 4 heterocycles. The highest BCUT2D eigenvalue weighted by Crippen LogP contribution is 2.26. The minimum atomic E-state index is -1.18. The number of nitrogens with zero attached hydrogens (tertiary/aromatic N) is 5. The van der Waals surface area contributed by atoms with Gasteiger partial charge in [-0.25, -0.2) is 23.2 Å². The van der Waals surface area contributed by atoms with Crippen LogP contribution in [0.1, 0.15) is 27.4 Å². The van der Waals surface area contributed by atoms with Gasteiger partial charge < -0.3 is 9.84 Å². The molecule has 0 bridgehead atoms. The van der Waals surface area contributed by atoms with Crippen LogP contribution in [0.4, 0.5) is 8.78 Å². The van der Waals surface area contributed by atoms with E-state index in [0.29, 0.717) is 23.0 Å². The van der Waals surface area contributed by atoms with E-state index < -0.39 is 23.2 Å². The minimum absolute atomic E-state index is 0.0102. The highest BCUT2D eigenvalue weighted by molar-refractivity contribution is 6.31. The molecule has 0 fully saturated rings. The lowest BCUT2D eigenvalue weighted by molar-refractivity contribution is 0.0690. The summed E-state index contributed by atoms with van der Waals surface area (Å²) in [5, 5.41) is 12.8. The second-order valence-electron chi connectivity index (χ2n) is 7.25. The first-order valence-electron chi connectivity index (χ1n) is 9.77. The third-order valence-electron chi connectivity index (χ3n) is 4.89. The van der Waals surface area contributed by atoms with Gasteiger partial charge in [-0.05, 0) is 25.5 Å². The molecule has 9 nitrogen and oxygen atoms in total. The van der Waals surface area contributed by atoms with E-state index in [1.165, 1.54) is 33.8 Å². The molecule has 174 valence electrons. The standard InChI is InChI=1S/C22H16ClF2N5O4/c1-11-8-27-19(29-4-3-15(28-29)22(32)33)7-17(11)30-12(2)5-18(20(23)21(30)31)34-10-16-14(25)6-13(24)9-26-16/h3-9H,10H2,1-2H3,(H,32,33). The van der Waals surface area contributed by atoms with Gasteiger partial charge in [-0.2, -0.15) is 5.10 Å². The van der Waals surface area contributed by atoms with Crippen LogP contribution in [0.15, 0.2) is 47.7 Å². The van der Waals surface area contributed by atoms with E-state index in [2.05, 4.69) is 15.1 Å². The van der Waals surface area contributed by atoms with E-state index in [9.17, 15) is 18.4 Å². The number of carboxylic acids is 1. The average Bonchev–Trinajstić information content (AvgIpc) is 3.28. The molecule has 0 aromatic carbocycles. The van der Waals surface area contributed by atoms with E-state index >= 15 is 0 Å². The van der Waals surface area contributed by atoms with Gasteiger partial charge in [0.25, 0.3) is 5.56 Å². The molecule has 0 aliphatic carbocycles. The maximum absolute atomic E-state index is 13.8. The van der Waals surface area contributed by atoms with Crippen molar-refractivity contribution in [2.45, 2.75) is 20.5 Å². The third kappa shape index (κ3) is 4.37. The lowest BCUT2D eigenvalue weighted by Crippen LogP contribution is -2.23. The number of carbonyl (C=O) groups is 1. The molecular formula is C22H16ClF2N5O4. The number of carboxylic acid groups (broad SMARTS) is 1. The summed E-state index contributed by atoms with van der Waals surface area (Å²) >= 11 is 6.27. The molecule has 0 aliphatic rings. The second kappa shape index (κ2) is 9.02. The molecule has 4 rings (SSSR count). The summed E-state index contributed by atoms with van der Waals surface area (Å²) < 4.78 is 35.0. The molecule has 0 saturated heterocycles. The fraction of sp³-hybridized carbons (Fsp3) is 0.136. The van der Waals surface area contributed by atoms with Gasteiger partial charge in [0.05, 0.1) is 11.9 Å². The lowest BCUT2D eigenvalue weighted by atomic mass is 10.2. The van der Waals surface area contributed by atoms with Crippen molar-refractivity contribution in [1.29, 1.82) is 0 Å². The van der Waals surface area contributed by atoms with Crippen molar-refractivity contribution in [3.63, 3.8) is 0 Å². The van der Waals surface area contributed by atoms with Crippen LogP contribution in [0.25, 0.3) is 11.5 Å². The summed E-state index contributed by atoms with van der Waals surface area (Å²) in [5.41, 5.74) is 0.629. The van der Waals surface area contributed by atoms with Crippen LogP contribution < -0.4 is 10.3 Å². The lowest BCUT2D eigenvalue weighted by Gasteiger charge is -2.16. The monoisotopic (exact) mass is 487 g/mol. The van der Waals surface area contributed by atoms with Crippen LogP contribution in [0.3, 0.4) is 0 Å². The third-order valence-corrected chi connectivity index (χ3v) is 5.24. The van der Waals surface area contributed by atoms with Gasteiger partial charge in [-0.3, -0.25) is 14.3 Å². The van der Waals surface area contributed by atoms with Crippen LogP contribution in [0.2, 0.25) is 5.02 Å². The maximum Gasteiger partial charge on any atom is 0.356 e. The van der Waals surface area contributed by atoms with Gasteiger partial charge in [0.2, 0.25) is 0 Å². The minimum Gasteiger partial charge on any atom is -0.485 e. The molecule has 1 N–H and O–H groups in total. The zero-order chi connectivity index (χ0) is 24.6. The molecule has 0 spiro atoms. The molecular weight excluding hydrogens is 472 g/mol. The van der Waals surface area contributed by atoms with Gasteiger partial charge >= 0.3 is 5.97 Å². The Kier molecular flexibility index (Phi) is 6.12. The van der Waals surface area contributed by atoms with Crippen LogP contribution in [-0.4, -0.2) is 35.4 Å². The maximum atomic E-state index is 13.8. The Labute approximate surface area is 195 Å². The normalized spacial score (nSPS) is 11.0. The molecule has 34 heavy (non-hydrogen) atoms. The van der Waals surface area contributed by atoms with Crippen molar-refractivity contribution in [2.24, 2.45) is 0 Å². The first-order valence-corrected chi connectivity index (χ1v) is 10.1. The SMILES string of the molecule is Cc1cnc(-n2ccc(C(=O)O)n2)cc1-n1c(C)cc(OCc2ncc(F)cc2F)c(Cl)c1=O. The molecule has 0 saturated carbocycles. The van der Waals surface area contributed by atoms with E-state index in [4.69, 9.17) is 21.4 Å². The zero-order valence-corrected chi connectivity index (χ0v) is 18.5. The summed E-state index contributed by atoms with van der Waals surface area (Å²) in [6.07, 6.45) is 3.81. The number of pyridine rings is 3. The molecule has 0 unspecified atom stereocenters. The Hall–Kier alpha value is -4.12. The number of hydrogen-bond acceptors (Lipinski definition) is 6. The van der Waals surface area contributed by atoms with Crippen LogP contribution in [0.5, 0.6) is 5.75 Å². The van der Waals surface area contributed by atoms with Crippen LogP contribution >= 0.6 is 11.6 Å². The van der Waals surface area contributed by atoms with Gasteiger partial charge in [-0.15, -0.1) is 0 Å². The predicted molar refractivity (Wildman–Crippen MR) is 117 cm³/mol. The molecule has 0 atom stereocenters. The number of aromatic carboxylic acids is 1. The number of ether oxygens (including phenoxy) is 1. The summed E-state index contributed by atoms with van der Waals surface area (Å²) in [7, 11) is 0. The highest BCUT2D eigenvalue weighted by Gasteiger charge is 2.18. The van der Waals surface area contributed by atoms with E-state index in [-0.39, 0.29) is 34.6 Å². The summed E-state index contributed by atoms with van der Waals surface area (Å²) in [5.74, 6) is -2.59. The zero-order valence-electron chi connectivity index (χ0n) is 17.8. The molecule has 12 heteroatoms. The number of aryl methyl sites for hydroxylation is 2. The molecule has 0 aliphatic heterocycles. The van der Waals surface area contributed by atoms with Crippen molar-refractivity contribution in [2.75, 3.05) is 0 Å². The number of halogens is 3. The first-order chi connectivity index (χ1) is 16.2. The largest absolute Gasteiger partial charge is 0.485 e. The molecule has 4 aromatic heterocycles. The molecule has 0 amide bonds. The van der Waals surface area contributed by atoms with E-state index in [1.54, 1.807) is 19.9 Å². The summed E-state index contributed by atoms with van der Waals surface area (Å²) in [6, 6.07) is 5.07. The Bertz CT molecular complexity index is 1480. The quantitative estimate of drug-likeness (QED) is 0.442. The summed E-state index contributed by atoms with van der Waals surface area (Å²) in [6.45, 7) is 3.03. The fourth-order valence-corrected chi connectivity index (χ4v) is 3.41.